The number of anilines is 1. The predicted molar refractivity (Wildman–Crippen MR) is 121 cm³/mol. The molecule has 1 aliphatic heterocycles. The molecule has 32 heavy (non-hydrogen) atoms. The number of hydrogen-bond donors (Lipinski definition) is 1. The Kier molecular flexibility index (Phi) is 7.15. The Morgan fingerprint density at radius 3 is 2.41 bits per heavy atom. The molecule has 2 aromatic rings. The third-order valence-electron chi connectivity index (χ3n) is 5.61. The first-order valence-electron chi connectivity index (χ1n) is 10.4. The number of benzene rings is 2. The lowest BCUT2D eigenvalue weighted by molar-refractivity contribution is -0.154. The number of esters is 1. The SMILES string of the molecule is COc1ccc([C@@H]2Cc3c(C(N)=O)cccc3N(CCN(C)C)C(=O)[C@@H]2OC(C)=O)cc1. The van der Waals surface area contributed by atoms with E-state index < -0.39 is 23.9 Å². The number of methoxy groups -OCH3 is 1. The van der Waals surface area contributed by atoms with Gasteiger partial charge in [-0.25, -0.2) is 0 Å². The maximum atomic E-state index is 13.7. The van der Waals surface area contributed by atoms with Crippen molar-refractivity contribution in [1.82, 2.24) is 4.90 Å². The lowest BCUT2D eigenvalue weighted by Crippen LogP contribution is -2.45. The molecule has 0 aliphatic carbocycles. The number of amides is 2. The number of nitrogens with zero attached hydrogens (tertiary/aromatic N) is 2. The van der Waals surface area contributed by atoms with Gasteiger partial charge in [-0.3, -0.25) is 14.4 Å². The largest absolute Gasteiger partial charge is 0.497 e. The number of carbonyl (C=O) groups is 3. The van der Waals surface area contributed by atoms with Crippen LogP contribution in [0.2, 0.25) is 0 Å². The minimum atomic E-state index is -1.05. The molecule has 0 aromatic heterocycles. The number of hydrogen-bond acceptors (Lipinski definition) is 6. The third kappa shape index (κ3) is 4.91. The molecule has 2 amide bonds. The van der Waals surface area contributed by atoms with Crippen LogP contribution in [0.15, 0.2) is 42.5 Å². The second-order valence-electron chi connectivity index (χ2n) is 8.07. The van der Waals surface area contributed by atoms with Crippen molar-refractivity contribution in [2.24, 2.45) is 5.73 Å². The van der Waals surface area contributed by atoms with Crippen molar-refractivity contribution in [3.05, 3.63) is 59.2 Å². The van der Waals surface area contributed by atoms with Crippen molar-refractivity contribution >= 4 is 23.5 Å². The van der Waals surface area contributed by atoms with Crippen LogP contribution in [0.25, 0.3) is 0 Å². The fourth-order valence-electron chi connectivity index (χ4n) is 4.03. The van der Waals surface area contributed by atoms with Crippen LogP contribution < -0.4 is 15.4 Å². The summed E-state index contributed by atoms with van der Waals surface area (Å²) in [6.07, 6.45) is -0.737. The van der Waals surface area contributed by atoms with Crippen molar-refractivity contribution in [1.29, 1.82) is 0 Å². The van der Waals surface area contributed by atoms with Gasteiger partial charge < -0.3 is 25.0 Å². The molecule has 0 saturated carbocycles. The highest BCUT2D eigenvalue weighted by Crippen LogP contribution is 2.38. The van der Waals surface area contributed by atoms with Crippen LogP contribution >= 0.6 is 0 Å². The van der Waals surface area contributed by atoms with Gasteiger partial charge in [-0.05, 0) is 55.9 Å². The molecular formula is C24H29N3O5. The number of likely N-dealkylation sites (N-methyl/N-ethyl adjacent to an activating group) is 1. The van der Waals surface area contributed by atoms with Gasteiger partial charge in [0.2, 0.25) is 5.91 Å². The summed E-state index contributed by atoms with van der Waals surface area (Å²) in [5.41, 5.74) is 8.11. The predicted octanol–water partition coefficient (Wildman–Crippen LogP) is 1.96. The van der Waals surface area contributed by atoms with Crippen molar-refractivity contribution < 1.29 is 23.9 Å². The van der Waals surface area contributed by atoms with E-state index in [1.807, 2.05) is 31.1 Å². The van der Waals surface area contributed by atoms with Crippen LogP contribution in [0.4, 0.5) is 5.69 Å². The Morgan fingerprint density at radius 2 is 1.84 bits per heavy atom. The Hall–Kier alpha value is -3.39. The smallest absolute Gasteiger partial charge is 0.303 e. The highest BCUT2D eigenvalue weighted by molar-refractivity contribution is 6.03. The van der Waals surface area contributed by atoms with Gasteiger partial charge >= 0.3 is 5.97 Å². The standard InChI is InChI=1S/C24H29N3O5/c1-15(28)32-22-19(16-8-10-17(31-4)11-9-16)14-20-18(23(25)29)6-5-7-21(20)27(24(22)30)13-12-26(2)3/h5-11,19,22H,12-14H2,1-4H3,(H2,25,29)/t19-,22+/m0/s1. The van der Waals surface area contributed by atoms with Crippen LogP contribution in [0, 0.1) is 0 Å². The van der Waals surface area contributed by atoms with Gasteiger partial charge in [-0.2, -0.15) is 0 Å². The lowest BCUT2D eigenvalue weighted by atomic mass is 9.86. The maximum absolute atomic E-state index is 13.7. The number of ether oxygens (including phenoxy) is 2. The lowest BCUT2D eigenvalue weighted by Gasteiger charge is -2.29. The van der Waals surface area contributed by atoms with Gasteiger partial charge in [-0.15, -0.1) is 0 Å². The molecule has 8 nitrogen and oxygen atoms in total. The van der Waals surface area contributed by atoms with Crippen molar-refractivity contribution in [2.75, 3.05) is 39.2 Å². The van der Waals surface area contributed by atoms with Gasteiger partial charge in [0.05, 0.1) is 7.11 Å². The zero-order valence-electron chi connectivity index (χ0n) is 18.8. The molecule has 0 bridgehead atoms. The van der Waals surface area contributed by atoms with E-state index in [2.05, 4.69) is 0 Å². The molecule has 0 fully saturated rings. The zero-order valence-corrected chi connectivity index (χ0v) is 18.8. The third-order valence-corrected chi connectivity index (χ3v) is 5.61. The van der Waals surface area contributed by atoms with Crippen LogP contribution in [0.3, 0.4) is 0 Å². The molecule has 0 radical (unpaired) electrons. The summed E-state index contributed by atoms with van der Waals surface area (Å²) in [7, 11) is 5.39. The molecule has 1 heterocycles. The van der Waals surface area contributed by atoms with E-state index in [1.54, 1.807) is 42.3 Å². The van der Waals surface area contributed by atoms with Crippen molar-refractivity contribution in [3.8, 4) is 5.75 Å². The first-order valence-corrected chi connectivity index (χ1v) is 10.4. The molecule has 2 atom stereocenters. The van der Waals surface area contributed by atoms with E-state index in [9.17, 15) is 14.4 Å². The molecule has 170 valence electrons. The molecule has 0 saturated heterocycles. The Bertz CT molecular complexity index is 1000. The average molecular weight is 440 g/mol. The Balaban J connectivity index is 2.18. The number of carbonyl (C=O) groups excluding carboxylic acids is 3. The molecule has 2 N–H and O–H groups in total. The molecular weight excluding hydrogens is 410 g/mol. The summed E-state index contributed by atoms with van der Waals surface area (Å²) in [4.78, 5) is 41.5. The van der Waals surface area contributed by atoms with E-state index in [4.69, 9.17) is 15.2 Å². The molecule has 1 aliphatic rings. The van der Waals surface area contributed by atoms with E-state index in [1.165, 1.54) is 6.92 Å². The molecule has 0 spiro atoms. The van der Waals surface area contributed by atoms with Gasteiger partial charge in [0.1, 0.15) is 5.75 Å². The Morgan fingerprint density at radius 1 is 1.16 bits per heavy atom. The van der Waals surface area contributed by atoms with Gasteiger partial charge in [0.25, 0.3) is 5.91 Å². The monoisotopic (exact) mass is 439 g/mol. The maximum Gasteiger partial charge on any atom is 0.303 e. The van der Waals surface area contributed by atoms with Crippen LogP contribution in [0.1, 0.15) is 34.3 Å². The van der Waals surface area contributed by atoms with Gasteiger partial charge in [0.15, 0.2) is 6.10 Å². The number of nitrogens with two attached hydrogens (primary N) is 1. The van der Waals surface area contributed by atoms with Gasteiger partial charge in [-0.1, -0.05) is 18.2 Å². The van der Waals surface area contributed by atoms with E-state index in [0.717, 1.165) is 5.56 Å². The van der Waals surface area contributed by atoms with E-state index in [-0.39, 0.29) is 5.91 Å². The fourth-order valence-corrected chi connectivity index (χ4v) is 4.03. The summed E-state index contributed by atoms with van der Waals surface area (Å²) in [6.45, 7) is 2.25. The topological polar surface area (TPSA) is 102 Å². The van der Waals surface area contributed by atoms with E-state index >= 15 is 0 Å². The van der Waals surface area contributed by atoms with Crippen LogP contribution in [-0.4, -0.2) is 63.1 Å². The van der Waals surface area contributed by atoms with Crippen molar-refractivity contribution in [3.63, 3.8) is 0 Å². The Labute approximate surface area is 187 Å². The first-order chi connectivity index (χ1) is 15.2. The number of primary amides is 1. The summed E-state index contributed by atoms with van der Waals surface area (Å²) in [5, 5.41) is 0. The number of rotatable bonds is 7. The molecule has 2 aromatic carbocycles. The highest BCUT2D eigenvalue weighted by Gasteiger charge is 2.41. The second-order valence-corrected chi connectivity index (χ2v) is 8.07. The summed E-state index contributed by atoms with van der Waals surface area (Å²) >= 11 is 0. The van der Waals surface area contributed by atoms with Crippen LogP contribution in [-0.2, 0) is 20.7 Å². The summed E-state index contributed by atoms with van der Waals surface area (Å²) < 4.78 is 10.8. The second kappa shape index (κ2) is 9.82. The van der Waals surface area contributed by atoms with Crippen molar-refractivity contribution in [2.45, 2.75) is 25.4 Å². The minimum Gasteiger partial charge on any atom is -0.497 e. The highest BCUT2D eigenvalue weighted by atomic mass is 16.5. The van der Waals surface area contributed by atoms with Crippen LogP contribution in [0.5, 0.6) is 5.75 Å². The first kappa shape index (κ1) is 23.3. The summed E-state index contributed by atoms with van der Waals surface area (Å²) in [6, 6.07) is 12.4. The average Bonchev–Trinajstić information content (AvgIpc) is 2.86. The van der Waals surface area contributed by atoms with E-state index in [0.29, 0.717) is 42.1 Å². The minimum absolute atomic E-state index is 0.308. The fraction of sp³-hybridized carbons (Fsp3) is 0.375. The normalized spacial score (nSPS) is 18.2. The molecule has 3 rings (SSSR count). The van der Waals surface area contributed by atoms with Gasteiger partial charge in [0, 0.05) is 37.2 Å². The molecule has 0 unspecified atom stereocenters. The summed E-state index contributed by atoms with van der Waals surface area (Å²) in [5.74, 6) is -1.27. The number of fused-ring (bicyclic) bond motifs is 1. The quantitative estimate of drug-likeness (QED) is 0.662. The zero-order chi connectivity index (χ0) is 23.4. The molecule has 8 heteroatoms.